The number of rotatable bonds is 7. The van der Waals surface area contributed by atoms with Crippen molar-refractivity contribution in [1.82, 2.24) is 15.0 Å². The molecule has 0 saturated heterocycles. The van der Waals surface area contributed by atoms with Crippen molar-refractivity contribution in [2.45, 2.75) is 5.41 Å². The summed E-state index contributed by atoms with van der Waals surface area (Å²) >= 11 is 1.87. The van der Waals surface area contributed by atoms with E-state index >= 15 is 0 Å². The SMILES string of the molecule is c1ccc(-c2ccc(-c3nc(-c4ccc(C5(c6ccc7c(c6)sc6ccccc67)c6ccccc6-c6ccccc65)cc4)nc(-c4cccc(-c5ccccc5)c4)n3)cc2)cc1. The quantitative estimate of drug-likeness (QED) is 0.161. The number of fused-ring (bicyclic) bond motifs is 6. The van der Waals surface area contributed by atoms with Crippen LogP contribution in [-0.4, -0.2) is 15.0 Å². The fraction of sp³-hybridized carbons (Fsp3) is 0.0172. The molecule has 0 atom stereocenters. The predicted octanol–water partition coefficient (Wildman–Crippen LogP) is 14.9. The molecule has 3 nitrogen and oxygen atoms in total. The molecular formula is C58H37N3S. The zero-order chi connectivity index (χ0) is 41.0. The Kier molecular flexibility index (Phi) is 8.58. The van der Waals surface area contributed by atoms with Crippen LogP contribution in [0.1, 0.15) is 22.3 Å². The van der Waals surface area contributed by atoms with E-state index in [0.29, 0.717) is 17.5 Å². The second-order valence-electron chi connectivity index (χ2n) is 15.9. The molecule has 4 heteroatoms. The Morgan fingerprint density at radius 2 is 0.742 bits per heavy atom. The van der Waals surface area contributed by atoms with E-state index in [1.54, 1.807) is 0 Å². The molecular weight excluding hydrogens is 771 g/mol. The van der Waals surface area contributed by atoms with Crippen molar-refractivity contribution in [2.75, 3.05) is 0 Å². The second kappa shape index (κ2) is 14.7. The Bertz CT molecular complexity index is 3400. The van der Waals surface area contributed by atoms with Crippen molar-refractivity contribution < 1.29 is 0 Å². The van der Waals surface area contributed by atoms with E-state index in [0.717, 1.165) is 33.4 Å². The number of thiophene rings is 1. The number of benzene rings is 9. The lowest BCUT2D eigenvalue weighted by Crippen LogP contribution is -2.28. The van der Waals surface area contributed by atoms with Gasteiger partial charge in [-0.05, 0) is 73.8 Å². The minimum absolute atomic E-state index is 0.538. The molecule has 0 spiro atoms. The zero-order valence-electron chi connectivity index (χ0n) is 33.6. The number of nitrogens with zero attached hydrogens (tertiary/aromatic N) is 3. The Hall–Kier alpha value is -7.79. The summed E-state index contributed by atoms with van der Waals surface area (Å²) in [5.74, 6) is 1.89. The Balaban J connectivity index is 1.02. The lowest BCUT2D eigenvalue weighted by Gasteiger charge is -2.34. The minimum Gasteiger partial charge on any atom is -0.208 e. The largest absolute Gasteiger partial charge is 0.208 e. The monoisotopic (exact) mass is 807 g/mol. The molecule has 9 aromatic carbocycles. The fourth-order valence-electron chi connectivity index (χ4n) is 9.53. The van der Waals surface area contributed by atoms with Crippen molar-refractivity contribution in [3.05, 3.63) is 247 Å². The van der Waals surface area contributed by atoms with Crippen LogP contribution in [0.4, 0.5) is 0 Å². The lowest BCUT2D eigenvalue weighted by molar-refractivity contribution is 0.770. The van der Waals surface area contributed by atoms with E-state index in [4.69, 9.17) is 15.0 Å². The van der Waals surface area contributed by atoms with Gasteiger partial charge in [0.25, 0.3) is 0 Å². The third kappa shape index (κ3) is 5.91. The van der Waals surface area contributed by atoms with Crippen LogP contribution in [0.3, 0.4) is 0 Å². The van der Waals surface area contributed by atoms with Crippen LogP contribution < -0.4 is 0 Å². The summed E-state index contributed by atoms with van der Waals surface area (Å²) in [6, 6.07) is 80.5. The van der Waals surface area contributed by atoms with E-state index < -0.39 is 5.41 Å². The van der Waals surface area contributed by atoms with Crippen molar-refractivity contribution in [2.24, 2.45) is 0 Å². The Labute approximate surface area is 364 Å². The van der Waals surface area contributed by atoms with Gasteiger partial charge in [0.05, 0.1) is 5.41 Å². The molecule has 2 aromatic heterocycles. The first kappa shape index (κ1) is 36.1. The summed E-state index contributed by atoms with van der Waals surface area (Å²) in [6.07, 6.45) is 0. The van der Waals surface area contributed by atoms with Crippen LogP contribution in [0.15, 0.2) is 224 Å². The molecule has 290 valence electrons. The molecule has 0 unspecified atom stereocenters. The summed E-state index contributed by atoms with van der Waals surface area (Å²) in [7, 11) is 0. The molecule has 0 amide bonds. The molecule has 1 aliphatic rings. The first-order valence-corrected chi connectivity index (χ1v) is 21.8. The standard InChI is InChI=1S/C58H37N3S/c1-3-14-38(15-4-1)40-26-28-41(29-27-40)55-59-56(61-57(60-55)44-19-13-18-43(36-44)39-16-5-2-6-17-39)42-30-32-45(33-31-42)58(51-23-10-7-20-47(51)48-21-8-11-24-52(48)58)46-34-35-50-49-22-9-12-25-53(49)62-54(50)37-46/h1-37H. The summed E-state index contributed by atoms with van der Waals surface area (Å²) in [6.45, 7) is 0. The smallest absolute Gasteiger partial charge is 0.164 e. The normalized spacial score (nSPS) is 12.6. The number of aromatic nitrogens is 3. The van der Waals surface area contributed by atoms with Crippen molar-refractivity contribution in [3.63, 3.8) is 0 Å². The van der Waals surface area contributed by atoms with Crippen LogP contribution >= 0.6 is 11.3 Å². The average molecular weight is 808 g/mol. The van der Waals surface area contributed by atoms with Gasteiger partial charge in [-0.25, -0.2) is 15.0 Å². The fourth-order valence-corrected chi connectivity index (χ4v) is 10.7. The van der Waals surface area contributed by atoms with Crippen LogP contribution in [0.2, 0.25) is 0 Å². The summed E-state index contributed by atoms with van der Waals surface area (Å²) in [4.78, 5) is 15.5. The van der Waals surface area contributed by atoms with Gasteiger partial charge in [0, 0.05) is 36.9 Å². The molecule has 2 heterocycles. The minimum atomic E-state index is -0.538. The number of hydrogen-bond acceptors (Lipinski definition) is 4. The van der Waals surface area contributed by atoms with Crippen LogP contribution in [0.25, 0.3) is 87.7 Å². The van der Waals surface area contributed by atoms with Gasteiger partial charge in [-0.15, -0.1) is 11.3 Å². The maximum atomic E-state index is 5.21. The maximum absolute atomic E-state index is 5.21. The second-order valence-corrected chi connectivity index (χ2v) is 17.0. The van der Waals surface area contributed by atoms with E-state index in [1.807, 2.05) is 23.5 Å². The summed E-state index contributed by atoms with van der Waals surface area (Å²) < 4.78 is 2.60. The molecule has 0 fully saturated rings. The van der Waals surface area contributed by atoms with Gasteiger partial charge < -0.3 is 0 Å². The van der Waals surface area contributed by atoms with Gasteiger partial charge in [0.1, 0.15) is 0 Å². The lowest BCUT2D eigenvalue weighted by atomic mass is 9.67. The summed E-state index contributed by atoms with van der Waals surface area (Å²) in [5, 5.41) is 2.60. The van der Waals surface area contributed by atoms with Gasteiger partial charge in [-0.3, -0.25) is 0 Å². The van der Waals surface area contributed by atoms with Crippen LogP contribution in [-0.2, 0) is 5.41 Å². The average Bonchev–Trinajstić information content (AvgIpc) is 3.88. The van der Waals surface area contributed by atoms with Gasteiger partial charge in [0.2, 0.25) is 0 Å². The van der Waals surface area contributed by atoms with Gasteiger partial charge in [-0.1, -0.05) is 206 Å². The molecule has 11 aromatic rings. The van der Waals surface area contributed by atoms with Crippen LogP contribution in [0, 0.1) is 0 Å². The Morgan fingerprint density at radius 1 is 0.290 bits per heavy atom. The number of hydrogen-bond donors (Lipinski definition) is 0. The first-order valence-electron chi connectivity index (χ1n) is 21.0. The highest BCUT2D eigenvalue weighted by Crippen LogP contribution is 2.56. The van der Waals surface area contributed by atoms with Gasteiger partial charge in [0.15, 0.2) is 17.5 Å². The van der Waals surface area contributed by atoms with Crippen molar-refractivity contribution >= 4 is 31.5 Å². The molecule has 0 N–H and O–H groups in total. The highest BCUT2D eigenvalue weighted by molar-refractivity contribution is 7.25. The van der Waals surface area contributed by atoms with Crippen molar-refractivity contribution in [1.29, 1.82) is 0 Å². The molecule has 0 aliphatic heterocycles. The Morgan fingerprint density at radius 3 is 1.40 bits per heavy atom. The van der Waals surface area contributed by atoms with Gasteiger partial charge in [-0.2, -0.15) is 0 Å². The summed E-state index contributed by atoms with van der Waals surface area (Å²) in [5.41, 5.74) is 14.4. The molecule has 62 heavy (non-hydrogen) atoms. The topological polar surface area (TPSA) is 38.7 Å². The third-order valence-corrected chi connectivity index (χ3v) is 13.6. The maximum Gasteiger partial charge on any atom is 0.164 e. The highest BCUT2D eigenvalue weighted by atomic mass is 32.1. The van der Waals surface area contributed by atoms with E-state index in [1.165, 1.54) is 59.1 Å². The van der Waals surface area contributed by atoms with E-state index in [2.05, 4.69) is 212 Å². The third-order valence-electron chi connectivity index (χ3n) is 12.5. The van der Waals surface area contributed by atoms with Crippen molar-refractivity contribution in [3.8, 4) is 67.5 Å². The molecule has 0 saturated carbocycles. The molecule has 0 bridgehead atoms. The highest BCUT2D eigenvalue weighted by Gasteiger charge is 2.46. The van der Waals surface area contributed by atoms with E-state index in [-0.39, 0.29) is 0 Å². The first-order chi connectivity index (χ1) is 30.7. The predicted molar refractivity (Wildman–Crippen MR) is 257 cm³/mol. The molecule has 12 rings (SSSR count). The van der Waals surface area contributed by atoms with E-state index in [9.17, 15) is 0 Å². The zero-order valence-corrected chi connectivity index (χ0v) is 34.4. The molecule has 0 radical (unpaired) electrons. The van der Waals surface area contributed by atoms with Crippen LogP contribution in [0.5, 0.6) is 0 Å². The van der Waals surface area contributed by atoms with Gasteiger partial charge >= 0.3 is 0 Å². The molecule has 1 aliphatic carbocycles.